The molecule has 168 valence electrons. The molecule has 2 N–H and O–H groups in total. The molecular weight excluding hydrogens is 510 g/mol. The number of nitrogens with zero attached hydrogens (tertiary/aromatic N) is 1. The van der Waals surface area contributed by atoms with Gasteiger partial charge in [-0.05, 0) is 54.4 Å². The zero-order valence-corrected chi connectivity index (χ0v) is 19.8. The Morgan fingerprint density at radius 2 is 1.76 bits per heavy atom. The minimum absolute atomic E-state index is 0.196. The lowest BCUT2D eigenvalue weighted by molar-refractivity contribution is -0.136. The van der Waals surface area contributed by atoms with Gasteiger partial charge in [0.05, 0.1) is 16.8 Å². The van der Waals surface area contributed by atoms with Crippen LogP contribution >= 0.6 is 27.5 Å². The number of benzene rings is 3. The molecule has 3 rings (SSSR count). The van der Waals surface area contributed by atoms with E-state index in [1.165, 1.54) is 6.21 Å². The summed E-state index contributed by atoms with van der Waals surface area (Å²) in [6.45, 7) is 2.02. The maximum absolute atomic E-state index is 12.5. The molecular formula is C24H19BrClN3O4. The maximum Gasteiger partial charge on any atom is 0.345 e. The van der Waals surface area contributed by atoms with Crippen LogP contribution in [-0.4, -0.2) is 24.0 Å². The minimum atomic E-state index is -0.949. The van der Waals surface area contributed by atoms with Crippen molar-refractivity contribution in [2.24, 2.45) is 5.10 Å². The van der Waals surface area contributed by atoms with E-state index in [2.05, 4.69) is 31.8 Å². The Kier molecular flexibility index (Phi) is 8.34. The number of amides is 2. The van der Waals surface area contributed by atoms with Crippen molar-refractivity contribution in [1.82, 2.24) is 5.43 Å². The molecule has 0 radical (unpaired) electrons. The van der Waals surface area contributed by atoms with Crippen molar-refractivity contribution in [3.8, 4) is 5.75 Å². The van der Waals surface area contributed by atoms with Crippen molar-refractivity contribution in [2.45, 2.75) is 13.3 Å². The van der Waals surface area contributed by atoms with Crippen LogP contribution in [0.25, 0.3) is 0 Å². The molecule has 3 aromatic rings. The van der Waals surface area contributed by atoms with E-state index in [0.717, 1.165) is 12.0 Å². The van der Waals surface area contributed by atoms with Gasteiger partial charge in [0.1, 0.15) is 5.75 Å². The summed E-state index contributed by atoms with van der Waals surface area (Å²) in [7, 11) is 0. The third-order valence-electron chi connectivity index (χ3n) is 4.46. The molecule has 0 aromatic heterocycles. The second kappa shape index (κ2) is 11.4. The highest BCUT2D eigenvalue weighted by Gasteiger charge is 2.15. The summed E-state index contributed by atoms with van der Waals surface area (Å²) in [4.78, 5) is 36.6. The molecule has 3 aromatic carbocycles. The smallest absolute Gasteiger partial charge is 0.345 e. The normalized spacial score (nSPS) is 10.6. The van der Waals surface area contributed by atoms with Crippen LogP contribution in [0, 0.1) is 0 Å². The van der Waals surface area contributed by atoms with Gasteiger partial charge in [-0.15, -0.1) is 0 Å². The summed E-state index contributed by atoms with van der Waals surface area (Å²) in [6, 6.07) is 18.6. The highest BCUT2D eigenvalue weighted by molar-refractivity contribution is 9.10. The van der Waals surface area contributed by atoms with Crippen molar-refractivity contribution >= 4 is 57.2 Å². The molecule has 0 fully saturated rings. The van der Waals surface area contributed by atoms with E-state index in [1.807, 2.05) is 19.1 Å². The molecule has 0 unspecified atom stereocenters. The third kappa shape index (κ3) is 6.74. The fourth-order valence-corrected chi connectivity index (χ4v) is 3.31. The van der Waals surface area contributed by atoms with Gasteiger partial charge in [-0.2, -0.15) is 5.10 Å². The number of halogens is 2. The molecule has 2 amide bonds. The number of nitrogens with one attached hydrogen (secondary N) is 2. The summed E-state index contributed by atoms with van der Waals surface area (Å²) in [5, 5.41) is 6.57. The van der Waals surface area contributed by atoms with Gasteiger partial charge in [0, 0.05) is 15.7 Å². The molecule has 0 bridgehead atoms. The number of carbonyl (C=O) groups is 3. The number of aryl methyl sites for hydroxylation is 1. The Morgan fingerprint density at radius 1 is 1.03 bits per heavy atom. The second-order valence-corrected chi connectivity index (χ2v) is 8.08. The zero-order valence-electron chi connectivity index (χ0n) is 17.5. The van der Waals surface area contributed by atoms with Crippen molar-refractivity contribution in [3.63, 3.8) is 0 Å². The van der Waals surface area contributed by atoms with Gasteiger partial charge in [0.2, 0.25) is 0 Å². The Hall–Kier alpha value is -3.49. The summed E-state index contributed by atoms with van der Waals surface area (Å²) >= 11 is 9.39. The van der Waals surface area contributed by atoms with Gasteiger partial charge >= 0.3 is 17.8 Å². The zero-order chi connectivity index (χ0) is 23.8. The Balaban J connectivity index is 1.65. The number of rotatable bonds is 6. The van der Waals surface area contributed by atoms with Crippen molar-refractivity contribution in [2.75, 3.05) is 5.32 Å². The lowest BCUT2D eigenvalue weighted by Crippen LogP contribution is -2.32. The van der Waals surface area contributed by atoms with Crippen molar-refractivity contribution in [1.29, 1.82) is 0 Å². The number of esters is 1. The van der Waals surface area contributed by atoms with Crippen LogP contribution in [0.15, 0.2) is 76.3 Å². The third-order valence-corrected chi connectivity index (χ3v) is 5.29. The van der Waals surface area contributed by atoms with Crippen molar-refractivity contribution < 1.29 is 19.1 Å². The maximum atomic E-state index is 12.5. The van der Waals surface area contributed by atoms with E-state index in [4.69, 9.17) is 16.3 Å². The lowest BCUT2D eigenvalue weighted by Gasteiger charge is -2.09. The Morgan fingerprint density at radius 3 is 2.45 bits per heavy atom. The van der Waals surface area contributed by atoms with E-state index >= 15 is 0 Å². The summed E-state index contributed by atoms with van der Waals surface area (Å²) < 4.78 is 6.14. The minimum Gasteiger partial charge on any atom is -0.422 e. The number of hydrazone groups is 1. The van der Waals surface area contributed by atoms with Crippen LogP contribution in [0.5, 0.6) is 5.75 Å². The van der Waals surface area contributed by atoms with Crippen LogP contribution in [0.1, 0.15) is 28.4 Å². The van der Waals surface area contributed by atoms with Gasteiger partial charge in [-0.3, -0.25) is 9.59 Å². The molecule has 33 heavy (non-hydrogen) atoms. The van der Waals surface area contributed by atoms with Crippen LogP contribution in [-0.2, 0) is 16.0 Å². The summed E-state index contributed by atoms with van der Waals surface area (Å²) in [5.41, 5.74) is 4.37. The van der Waals surface area contributed by atoms with E-state index in [-0.39, 0.29) is 16.3 Å². The van der Waals surface area contributed by atoms with Gasteiger partial charge in [-0.1, -0.05) is 58.7 Å². The molecule has 0 atom stereocenters. The number of hydrogen-bond donors (Lipinski definition) is 2. The Bertz CT molecular complexity index is 1210. The van der Waals surface area contributed by atoms with Gasteiger partial charge in [-0.25, -0.2) is 10.2 Å². The standard InChI is InChI=1S/C24H19BrClN3O4/c1-2-15-7-10-18(11-8-15)28-22(30)23(31)29-27-14-16-13-17(25)9-12-21(16)33-24(32)19-5-3-4-6-20(19)26/h3-14H,2H2,1H3,(H,28,30)(H,29,31). The Labute approximate surface area is 203 Å². The van der Waals surface area contributed by atoms with Gasteiger partial charge < -0.3 is 10.1 Å². The molecule has 0 aliphatic heterocycles. The van der Waals surface area contributed by atoms with E-state index < -0.39 is 17.8 Å². The molecule has 9 heteroatoms. The predicted octanol–water partition coefficient (Wildman–Crippen LogP) is 4.97. The van der Waals surface area contributed by atoms with Crippen LogP contribution in [0.2, 0.25) is 5.02 Å². The first-order valence-electron chi connectivity index (χ1n) is 9.87. The fourth-order valence-electron chi connectivity index (χ4n) is 2.72. The lowest BCUT2D eigenvalue weighted by atomic mass is 10.1. The van der Waals surface area contributed by atoms with Crippen LogP contribution in [0.4, 0.5) is 5.69 Å². The fraction of sp³-hybridized carbons (Fsp3) is 0.0833. The average molecular weight is 529 g/mol. The first kappa shape index (κ1) is 24.2. The molecule has 0 spiro atoms. The molecule has 0 saturated carbocycles. The largest absolute Gasteiger partial charge is 0.422 e. The van der Waals surface area contributed by atoms with E-state index in [1.54, 1.807) is 54.6 Å². The van der Waals surface area contributed by atoms with E-state index in [9.17, 15) is 14.4 Å². The first-order valence-corrected chi connectivity index (χ1v) is 11.0. The topological polar surface area (TPSA) is 96.9 Å². The quantitative estimate of drug-likeness (QED) is 0.155. The molecule has 7 nitrogen and oxygen atoms in total. The van der Waals surface area contributed by atoms with Gasteiger partial charge in [0.15, 0.2) is 0 Å². The predicted molar refractivity (Wildman–Crippen MR) is 131 cm³/mol. The number of anilines is 1. The van der Waals surface area contributed by atoms with Crippen LogP contribution in [0.3, 0.4) is 0 Å². The highest BCUT2D eigenvalue weighted by Crippen LogP contribution is 2.24. The summed E-state index contributed by atoms with van der Waals surface area (Å²) in [5.74, 6) is -2.26. The SMILES string of the molecule is CCc1ccc(NC(=O)C(=O)NN=Cc2cc(Br)ccc2OC(=O)c2ccccc2Cl)cc1. The van der Waals surface area contributed by atoms with Crippen LogP contribution < -0.4 is 15.5 Å². The monoisotopic (exact) mass is 527 g/mol. The number of ether oxygens (including phenoxy) is 1. The number of carbonyl (C=O) groups excluding carboxylic acids is 3. The average Bonchev–Trinajstić information content (AvgIpc) is 2.81. The van der Waals surface area contributed by atoms with E-state index in [0.29, 0.717) is 15.7 Å². The van der Waals surface area contributed by atoms with Crippen molar-refractivity contribution in [3.05, 3.63) is 92.9 Å². The molecule has 0 heterocycles. The van der Waals surface area contributed by atoms with Gasteiger partial charge in [0.25, 0.3) is 0 Å². The highest BCUT2D eigenvalue weighted by atomic mass is 79.9. The second-order valence-electron chi connectivity index (χ2n) is 6.76. The summed E-state index contributed by atoms with van der Waals surface area (Å²) in [6.07, 6.45) is 2.13. The molecule has 0 saturated heterocycles. The number of hydrogen-bond acceptors (Lipinski definition) is 5. The first-order chi connectivity index (χ1) is 15.9. The molecule has 0 aliphatic rings. The molecule has 0 aliphatic carbocycles.